The molecule has 8 nitrogen and oxygen atoms in total. The number of amides is 3. The maximum Gasteiger partial charge on any atom is 0.270 e. The molecule has 0 bridgehead atoms. The van der Waals surface area contributed by atoms with Gasteiger partial charge in [0.15, 0.2) is 5.17 Å². The van der Waals surface area contributed by atoms with E-state index in [-0.39, 0.29) is 30.1 Å². The molecule has 10 heteroatoms. The second kappa shape index (κ2) is 8.48. The molecule has 2 heterocycles. The van der Waals surface area contributed by atoms with Crippen LogP contribution in [-0.2, 0) is 19.3 Å². The number of hydrogen-bond acceptors (Lipinski definition) is 6. The summed E-state index contributed by atoms with van der Waals surface area (Å²) in [5.41, 5.74) is 2.27. The highest BCUT2D eigenvalue weighted by Crippen LogP contribution is 2.54. The third kappa shape index (κ3) is 3.82. The van der Waals surface area contributed by atoms with Gasteiger partial charge >= 0.3 is 0 Å². The lowest BCUT2D eigenvalue weighted by Gasteiger charge is -2.29. The largest absolute Gasteiger partial charge is 0.492 e. The van der Waals surface area contributed by atoms with Gasteiger partial charge in [-0.1, -0.05) is 29.3 Å². The molecule has 2 aromatic carbocycles. The number of fused-ring (bicyclic) bond motifs is 2. The van der Waals surface area contributed by atoms with Gasteiger partial charge in [-0.15, -0.1) is 5.10 Å². The Kier molecular flexibility index (Phi) is 5.87. The summed E-state index contributed by atoms with van der Waals surface area (Å²) in [6.07, 6.45) is 0. The van der Waals surface area contributed by atoms with Gasteiger partial charge in [-0.3, -0.25) is 14.4 Å². The van der Waals surface area contributed by atoms with E-state index in [1.54, 1.807) is 29.2 Å². The smallest absolute Gasteiger partial charge is 0.270 e. The number of carbonyl (C=O) groups excluding carboxylic acids is 3. The van der Waals surface area contributed by atoms with E-state index in [1.165, 1.54) is 13.8 Å². The molecule has 166 valence electrons. The van der Waals surface area contributed by atoms with E-state index < -0.39 is 10.8 Å². The number of aryl methyl sites for hydroxylation is 1. The van der Waals surface area contributed by atoms with E-state index in [2.05, 4.69) is 10.4 Å². The molecule has 0 aliphatic carbocycles. The van der Waals surface area contributed by atoms with Crippen molar-refractivity contribution in [1.82, 2.24) is 10.3 Å². The topological polar surface area (TPSA) is 91.3 Å². The minimum atomic E-state index is -1.41. The highest BCUT2D eigenvalue weighted by atomic mass is 35.5. The quantitative estimate of drug-likeness (QED) is 0.737. The molecule has 0 saturated carbocycles. The number of nitrogens with one attached hydrogen (secondary N) is 1. The molecule has 4 rings (SSSR count). The van der Waals surface area contributed by atoms with Crippen LogP contribution >= 0.6 is 23.4 Å². The number of hydrazone groups is 1. The molecule has 3 amide bonds. The summed E-state index contributed by atoms with van der Waals surface area (Å²) in [6, 6.07) is 12.6. The van der Waals surface area contributed by atoms with Crippen molar-refractivity contribution in [3.05, 3.63) is 58.6 Å². The lowest BCUT2D eigenvalue weighted by molar-refractivity contribution is -0.139. The second-order valence-corrected chi connectivity index (χ2v) is 9.06. The van der Waals surface area contributed by atoms with Crippen LogP contribution in [0.1, 0.15) is 25.0 Å². The summed E-state index contributed by atoms with van der Waals surface area (Å²) in [7, 11) is 0. The van der Waals surface area contributed by atoms with Crippen LogP contribution in [0.2, 0.25) is 5.02 Å². The van der Waals surface area contributed by atoms with Crippen molar-refractivity contribution >= 4 is 51.9 Å². The molecule has 0 saturated heterocycles. The van der Waals surface area contributed by atoms with E-state index in [4.69, 9.17) is 16.3 Å². The Labute approximate surface area is 194 Å². The average Bonchev–Trinajstić information content (AvgIpc) is 3.21. The van der Waals surface area contributed by atoms with Crippen molar-refractivity contribution in [3.63, 3.8) is 0 Å². The van der Waals surface area contributed by atoms with Crippen molar-refractivity contribution < 1.29 is 19.1 Å². The molecule has 2 aliphatic rings. The number of benzene rings is 2. The second-order valence-electron chi connectivity index (χ2n) is 7.44. The number of anilines is 1. The Morgan fingerprint density at radius 2 is 1.91 bits per heavy atom. The highest BCUT2D eigenvalue weighted by molar-refractivity contribution is 8.15. The summed E-state index contributed by atoms with van der Waals surface area (Å²) in [4.78, 5) is 38.1. The fourth-order valence-electron chi connectivity index (χ4n) is 3.73. The van der Waals surface area contributed by atoms with Crippen LogP contribution < -0.4 is 15.0 Å². The van der Waals surface area contributed by atoms with Crippen LogP contribution in [0.15, 0.2) is 47.6 Å². The minimum absolute atomic E-state index is 0.202. The van der Waals surface area contributed by atoms with Gasteiger partial charge in [0.2, 0.25) is 16.7 Å². The van der Waals surface area contributed by atoms with E-state index in [9.17, 15) is 14.4 Å². The van der Waals surface area contributed by atoms with Crippen molar-refractivity contribution in [2.75, 3.05) is 18.1 Å². The molecule has 2 aliphatic heterocycles. The third-order valence-corrected chi connectivity index (χ3v) is 6.55. The molecule has 0 aromatic heterocycles. The van der Waals surface area contributed by atoms with Gasteiger partial charge in [-0.2, -0.15) is 5.01 Å². The van der Waals surface area contributed by atoms with Gasteiger partial charge in [0, 0.05) is 24.4 Å². The lowest BCUT2D eigenvalue weighted by Crippen LogP contribution is -2.49. The van der Waals surface area contributed by atoms with Crippen LogP contribution in [0.5, 0.6) is 5.75 Å². The Hall–Kier alpha value is -3.04. The molecular weight excluding hydrogens is 452 g/mol. The van der Waals surface area contributed by atoms with Crippen LogP contribution in [0.25, 0.3) is 0 Å². The predicted octanol–water partition coefficient (Wildman–Crippen LogP) is 3.23. The van der Waals surface area contributed by atoms with Gasteiger partial charge in [0.25, 0.3) is 5.91 Å². The first-order chi connectivity index (χ1) is 15.2. The van der Waals surface area contributed by atoms with Crippen LogP contribution in [0.3, 0.4) is 0 Å². The zero-order valence-electron chi connectivity index (χ0n) is 17.7. The maximum atomic E-state index is 13.8. The number of ether oxygens (including phenoxy) is 1. The van der Waals surface area contributed by atoms with E-state index >= 15 is 0 Å². The van der Waals surface area contributed by atoms with E-state index in [1.807, 2.05) is 25.1 Å². The Morgan fingerprint density at radius 1 is 1.19 bits per heavy atom. The Balaban J connectivity index is 1.65. The molecule has 1 N–H and O–H groups in total. The van der Waals surface area contributed by atoms with Gasteiger partial charge in [0.05, 0.1) is 12.2 Å². The molecular formula is C22H21ClN4O4S. The SMILES string of the molecule is CC(=O)NC1=NN(C(C)=O)[C@]2(S1)C(=O)N(CCOc1ccc(Cl)cc1)c1ccc(C)cc12. The number of amidine groups is 1. The zero-order chi connectivity index (χ0) is 23.0. The van der Waals surface area contributed by atoms with E-state index in [0.717, 1.165) is 22.3 Å². The molecule has 0 unspecified atom stereocenters. The predicted molar refractivity (Wildman–Crippen MR) is 124 cm³/mol. The summed E-state index contributed by atoms with van der Waals surface area (Å²) in [6.45, 7) is 5.11. The minimum Gasteiger partial charge on any atom is -0.492 e. The molecule has 32 heavy (non-hydrogen) atoms. The fraction of sp³-hybridized carbons (Fsp3) is 0.273. The first kappa shape index (κ1) is 22.2. The van der Waals surface area contributed by atoms with Gasteiger partial charge in [0.1, 0.15) is 12.4 Å². The molecule has 1 spiro atoms. The molecule has 1 atom stereocenters. The number of rotatable bonds is 4. The van der Waals surface area contributed by atoms with Gasteiger partial charge < -0.3 is 15.0 Å². The molecule has 0 fully saturated rings. The Bertz CT molecular complexity index is 1140. The number of thioether (sulfide) groups is 1. The number of nitrogens with zero attached hydrogens (tertiary/aromatic N) is 3. The Morgan fingerprint density at radius 3 is 2.56 bits per heavy atom. The average molecular weight is 473 g/mol. The standard InChI is InChI=1S/C22H21ClN4O4S/c1-13-4-9-19-18(12-13)22(27(15(3)29)25-21(32-22)24-14(2)28)20(30)26(19)10-11-31-17-7-5-16(23)6-8-17/h4-9,12H,10-11H2,1-3H3,(H,24,25,28)/t22-/m1/s1. The first-order valence-electron chi connectivity index (χ1n) is 9.90. The summed E-state index contributed by atoms with van der Waals surface area (Å²) < 4.78 is 5.78. The van der Waals surface area contributed by atoms with Crippen molar-refractivity contribution in [2.24, 2.45) is 5.10 Å². The van der Waals surface area contributed by atoms with Crippen LogP contribution in [0, 0.1) is 6.92 Å². The number of carbonyl (C=O) groups is 3. The van der Waals surface area contributed by atoms with Crippen molar-refractivity contribution in [1.29, 1.82) is 0 Å². The monoisotopic (exact) mass is 472 g/mol. The van der Waals surface area contributed by atoms with Crippen molar-refractivity contribution in [2.45, 2.75) is 25.6 Å². The zero-order valence-corrected chi connectivity index (χ0v) is 19.3. The number of halogens is 1. The highest BCUT2D eigenvalue weighted by Gasteiger charge is 2.61. The fourth-order valence-corrected chi connectivity index (χ4v) is 5.18. The normalized spacial score (nSPS) is 19.2. The summed E-state index contributed by atoms with van der Waals surface area (Å²) in [5, 5.41) is 8.82. The van der Waals surface area contributed by atoms with Crippen molar-refractivity contribution in [3.8, 4) is 5.75 Å². The van der Waals surface area contributed by atoms with Crippen LogP contribution in [-0.4, -0.2) is 41.0 Å². The van der Waals surface area contributed by atoms with E-state index in [0.29, 0.717) is 22.0 Å². The summed E-state index contributed by atoms with van der Waals surface area (Å²) in [5.74, 6) is -0.420. The third-order valence-electron chi connectivity index (χ3n) is 5.05. The van der Waals surface area contributed by atoms with Gasteiger partial charge in [-0.25, -0.2) is 0 Å². The van der Waals surface area contributed by atoms with Gasteiger partial charge in [-0.05, 0) is 49.0 Å². The van der Waals surface area contributed by atoms with Crippen LogP contribution in [0.4, 0.5) is 5.69 Å². The first-order valence-corrected chi connectivity index (χ1v) is 11.1. The molecule has 2 aromatic rings. The summed E-state index contributed by atoms with van der Waals surface area (Å²) >= 11 is 6.97. The lowest BCUT2D eigenvalue weighted by atomic mass is 10.0. The molecule has 0 radical (unpaired) electrons. The maximum absolute atomic E-state index is 13.8. The number of hydrogen-bond donors (Lipinski definition) is 1.